The average Bonchev–Trinajstić information content (AvgIpc) is 2.50. The van der Waals surface area contributed by atoms with E-state index in [1.54, 1.807) is 5.56 Å². The lowest BCUT2D eigenvalue weighted by Gasteiger charge is -2.57. The lowest BCUT2D eigenvalue weighted by molar-refractivity contribution is -0.00801. The Morgan fingerprint density at radius 1 is 1.00 bits per heavy atom. The Hall–Kier alpha value is -1.31. The van der Waals surface area contributed by atoms with Crippen molar-refractivity contribution in [1.29, 1.82) is 0 Å². The second-order valence-electron chi connectivity index (χ2n) is 7.08. The van der Waals surface area contributed by atoms with Gasteiger partial charge in [-0.1, -0.05) is 60.2 Å². The van der Waals surface area contributed by atoms with Crippen LogP contribution in [0.2, 0.25) is 0 Å². The zero-order chi connectivity index (χ0) is 14.3. The molecule has 22 heavy (non-hydrogen) atoms. The van der Waals surface area contributed by atoms with Gasteiger partial charge in [-0.15, -0.1) is 12.4 Å². The Morgan fingerprint density at radius 2 is 1.68 bits per heavy atom. The summed E-state index contributed by atoms with van der Waals surface area (Å²) in [5, 5.41) is 0. The minimum Gasteiger partial charge on any atom is -0.298 e. The van der Waals surface area contributed by atoms with E-state index >= 15 is 0 Å². The Kier molecular flexibility index (Phi) is 4.29. The van der Waals surface area contributed by atoms with Gasteiger partial charge in [-0.25, -0.2) is 0 Å². The minimum atomic E-state index is 0. The molecule has 1 aliphatic carbocycles. The van der Waals surface area contributed by atoms with Gasteiger partial charge in [0.2, 0.25) is 0 Å². The monoisotopic (exact) mass is 313 g/mol. The van der Waals surface area contributed by atoms with Crippen LogP contribution in [0, 0.1) is 12.8 Å². The van der Waals surface area contributed by atoms with E-state index in [0.717, 1.165) is 12.5 Å². The molecule has 0 amide bonds. The molecule has 1 nitrogen and oxygen atoms in total. The van der Waals surface area contributed by atoms with Gasteiger partial charge >= 0.3 is 0 Å². The number of benzene rings is 2. The Balaban J connectivity index is 0.00000144. The van der Waals surface area contributed by atoms with Crippen LogP contribution < -0.4 is 0 Å². The number of nitrogens with zero attached hydrogens (tertiary/aromatic N) is 1. The number of rotatable bonds is 3. The molecule has 2 saturated heterocycles. The summed E-state index contributed by atoms with van der Waals surface area (Å²) in [6.07, 6.45) is 2.78. The largest absolute Gasteiger partial charge is 0.298 e. The fourth-order valence-corrected chi connectivity index (χ4v) is 4.35. The number of hydrogen-bond acceptors (Lipinski definition) is 1. The van der Waals surface area contributed by atoms with Crippen LogP contribution in [-0.4, -0.2) is 18.0 Å². The third kappa shape index (κ3) is 2.80. The van der Waals surface area contributed by atoms with Gasteiger partial charge in [0.15, 0.2) is 0 Å². The lowest BCUT2D eigenvalue weighted by Crippen LogP contribution is -2.58. The number of fused-ring (bicyclic) bond motifs is 2. The normalized spacial score (nSPS) is 26.9. The first-order valence-electron chi connectivity index (χ1n) is 8.07. The van der Waals surface area contributed by atoms with Gasteiger partial charge in [0.05, 0.1) is 0 Å². The zero-order valence-electron chi connectivity index (χ0n) is 13.2. The van der Waals surface area contributed by atoms with Gasteiger partial charge in [-0.3, -0.25) is 4.90 Å². The molecule has 0 radical (unpaired) electrons. The van der Waals surface area contributed by atoms with Crippen molar-refractivity contribution in [1.82, 2.24) is 4.90 Å². The van der Waals surface area contributed by atoms with Crippen LogP contribution in [0.4, 0.5) is 0 Å². The Bertz CT molecular complexity index is 614. The summed E-state index contributed by atoms with van der Waals surface area (Å²) in [5.74, 6) is 0.907. The Morgan fingerprint density at radius 3 is 2.36 bits per heavy atom. The molecule has 3 aliphatic rings. The predicted octanol–water partition coefficient (Wildman–Crippen LogP) is 4.58. The lowest BCUT2D eigenvalue weighted by atomic mass is 9.56. The fourth-order valence-electron chi connectivity index (χ4n) is 4.35. The van der Waals surface area contributed by atoms with Gasteiger partial charge < -0.3 is 0 Å². The van der Waals surface area contributed by atoms with E-state index in [9.17, 15) is 0 Å². The van der Waals surface area contributed by atoms with E-state index in [1.165, 1.54) is 37.1 Å². The van der Waals surface area contributed by atoms with Gasteiger partial charge in [0, 0.05) is 25.0 Å². The first kappa shape index (κ1) is 15.6. The SMILES string of the molecule is Cc1ccc(CN2CC3CC(c4ccccc4)(C3)C2)cc1.Cl. The highest BCUT2D eigenvalue weighted by atomic mass is 35.5. The number of hydrogen-bond donors (Lipinski definition) is 0. The maximum absolute atomic E-state index is 2.66. The molecule has 2 aromatic rings. The standard InChI is InChI=1S/C20H23N.ClH/c1-16-7-9-17(10-8-16)13-21-14-18-11-20(12-18,15-21)19-5-3-2-4-6-19;/h2-10,18H,11-15H2,1H3;1H. The molecule has 0 N–H and O–H groups in total. The van der Waals surface area contributed by atoms with Crippen LogP contribution in [0.15, 0.2) is 54.6 Å². The first-order valence-corrected chi connectivity index (χ1v) is 8.07. The van der Waals surface area contributed by atoms with Crippen molar-refractivity contribution in [2.24, 2.45) is 5.92 Å². The van der Waals surface area contributed by atoms with Crippen LogP contribution >= 0.6 is 12.4 Å². The number of aryl methyl sites for hydroxylation is 1. The van der Waals surface area contributed by atoms with E-state index in [0.29, 0.717) is 5.41 Å². The van der Waals surface area contributed by atoms with Crippen LogP contribution in [-0.2, 0) is 12.0 Å². The fraction of sp³-hybridized carbons (Fsp3) is 0.400. The molecule has 1 saturated carbocycles. The number of halogens is 1. The molecule has 0 unspecified atom stereocenters. The summed E-state index contributed by atoms with van der Waals surface area (Å²) >= 11 is 0. The first-order chi connectivity index (χ1) is 10.2. The van der Waals surface area contributed by atoms with Crippen molar-refractivity contribution < 1.29 is 0 Å². The summed E-state index contributed by atoms with van der Waals surface area (Å²) in [7, 11) is 0. The maximum Gasteiger partial charge on any atom is 0.0234 e. The summed E-state index contributed by atoms with van der Waals surface area (Å²) in [5.41, 5.74) is 4.79. The molecule has 0 spiro atoms. The van der Waals surface area contributed by atoms with Crippen molar-refractivity contribution in [2.75, 3.05) is 13.1 Å². The van der Waals surface area contributed by atoms with Gasteiger partial charge in [0.1, 0.15) is 0 Å². The summed E-state index contributed by atoms with van der Waals surface area (Å²) in [6, 6.07) is 20.2. The quantitative estimate of drug-likeness (QED) is 0.801. The molecule has 2 heterocycles. The molecular weight excluding hydrogens is 290 g/mol. The molecule has 2 heteroatoms. The zero-order valence-corrected chi connectivity index (χ0v) is 14.0. The third-order valence-electron chi connectivity index (χ3n) is 5.31. The Labute approximate surface area is 139 Å². The molecule has 0 atom stereocenters. The summed E-state index contributed by atoms with van der Waals surface area (Å²) in [6.45, 7) is 5.76. The van der Waals surface area contributed by atoms with Crippen molar-refractivity contribution in [2.45, 2.75) is 31.7 Å². The van der Waals surface area contributed by atoms with E-state index in [-0.39, 0.29) is 12.4 Å². The van der Waals surface area contributed by atoms with Crippen molar-refractivity contribution >= 4 is 12.4 Å². The van der Waals surface area contributed by atoms with E-state index < -0.39 is 0 Å². The minimum absolute atomic E-state index is 0. The molecule has 116 valence electrons. The molecule has 5 rings (SSSR count). The van der Waals surface area contributed by atoms with Crippen LogP contribution in [0.3, 0.4) is 0 Å². The van der Waals surface area contributed by atoms with Crippen LogP contribution in [0.5, 0.6) is 0 Å². The van der Waals surface area contributed by atoms with Gasteiger partial charge in [-0.2, -0.15) is 0 Å². The summed E-state index contributed by atoms with van der Waals surface area (Å²) in [4.78, 5) is 2.66. The van der Waals surface area contributed by atoms with E-state index in [1.807, 2.05) is 0 Å². The second kappa shape index (κ2) is 6.06. The molecule has 2 bridgehead atoms. The molecule has 0 aromatic heterocycles. The molecule has 2 aromatic carbocycles. The highest BCUT2D eigenvalue weighted by molar-refractivity contribution is 5.85. The van der Waals surface area contributed by atoms with Crippen molar-refractivity contribution in [3.05, 3.63) is 71.3 Å². The number of piperidine rings is 2. The maximum atomic E-state index is 2.66. The molecular formula is C20H24ClN. The van der Waals surface area contributed by atoms with E-state index in [4.69, 9.17) is 0 Å². The van der Waals surface area contributed by atoms with Gasteiger partial charge in [0.25, 0.3) is 0 Å². The third-order valence-corrected chi connectivity index (χ3v) is 5.31. The highest BCUT2D eigenvalue weighted by Gasteiger charge is 2.50. The average molecular weight is 314 g/mol. The predicted molar refractivity (Wildman–Crippen MR) is 94.5 cm³/mol. The molecule has 2 aliphatic heterocycles. The van der Waals surface area contributed by atoms with E-state index in [2.05, 4.69) is 66.4 Å². The summed E-state index contributed by atoms with van der Waals surface area (Å²) < 4.78 is 0. The molecule has 3 fully saturated rings. The second-order valence-corrected chi connectivity index (χ2v) is 7.08. The van der Waals surface area contributed by atoms with Gasteiger partial charge in [-0.05, 0) is 36.8 Å². The van der Waals surface area contributed by atoms with Crippen molar-refractivity contribution in [3.8, 4) is 0 Å². The highest BCUT2D eigenvalue weighted by Crippen LogP contribution is 2.52. The van der Waals surface area contributed by atoms with Crippen LogP contribution in [0.1, 0.15) is 29.5 Å². The van der Waals surface area contributed by atoms with Crippen molar-refractivity contribution in [3.63, 3.8) is 0 Å². The smallest absolute Gasteiger partial charge is 0.0234 e. The van der Waals surface area contributed by atoms with Crippen LogP contribution in [0.25, 0.3) is 0 Å². The topological polar surface area (TPSA) is 3.24 Å².